The van der Waals surface area contributed by atoms with Gasteiger partial charge in [0.25, 0.3) is 5.91 Å². The Kier molecular flexibility index (Phi) is 4.75. The molecule has 2 rings (SSSR count). The second-order valence-corrected chi connectivity index (χ2v) is 6.53. The van der Waals surface area contributed by atoms with E-state index in [1.165, 1.54) is 6.92 Å². The quantitative estimate of drug-likeness (QED) is 0.824. The number of nitrogens with zero attached hydrogens (tertiary/aromatic N) is 1. The molecule has 2 N–H and O–H groups in total. The van der Waals surface area contributed by atoms with E-state index >= 15 is 0 Å². The molecular weight excluding hydrogens is 294 g/mol. The van der Waals surface area contributed by atoms with Crippen LogP contribution in [0.5, 0.6) is 0 Å². The molecule has 1 aliphatic heterocycles. The number of likely N-dealkylation sites (tertiary alicyclic amines) is 1. The minimum absolute atomic E-state index is 0.0527. The van der Waals surface area contributed by atoms with Crippen molar-refractivity contribution < 1.29 is 23.5 Å². The molecule has 2 unspecified atom stereocenters. The van der Waals surface area contributed by atoms with Gasteiger partial charge in [-0.3, -0.25) is 9.59 Å². The number of alkyl halides is 2. The monoisotopic (exact) mass is 318 g/mol. The number of aliphatic hydroxyl groups is 1. The highest BCUT2D eigenvalue weighted by molar-refractivity contribution is 5.91. The van der Waals surface area contributed by atoms with E-state index in [0.717, 1.165) is 19.3 Å². The topological polar surface area (TPSA) is 69.6 Å². The van der Waals surface area contributed by atoms with Crippen LogP contribution in [0.1, 0.15) is 52.4 Å². The number of hydrogen-bond acceptors (Lipinski definition) is 3. The number of hydrogen-bond donors (Lipinski definition) is 2. The lowest BCUT2D eigenvalue weighted by atomic mass is 9.75. The van der Waals surface area contributed by atoms with Crippen LogP contribution in [0.3, 0.4) is 0 Å². The Hall–Kier alpha value is -1.24. The number of amides is 2. The molecule has 7 heteroatoms. The summed E-state index contributed by atoms with van der Waals surface area (Å²) >= 11 is 0. The number of carbonyl (C=O) groups excluding carboxylic acids is 2. The number of nitrogens with one attached hydrogen (secondary N) is 1. The van der Waals surface area contributed by atoms with Crippen molar-refractivity contribution in [2.24, 2.45) is 0 Å². The van der Waals surface area contributed by atoms with Crippen LogP contribution in [0.25, 0.3) is 0 Å². The smallest absolute Gasteiger partial charge is 0.352 e. The Morgan fingerprint density at radius 2 is 1.95 bits per heavy atom. The van der Waals surface area contributed by atoms with E-state index < -0.39 is 23.5 Å². The van der Waals surface area contributed by atoms with Gasteiger partial charge in [-0.2, -0.15) is 8.78 Å². The molecule has 0 radical (unpaired) electrons. The number of rotatable bonds is 4. The van der Waals surface area contributed by atoms with Crippen molar-refractivity contribution in [3.63, 3.8) is 0 Å². The molecule has 1 saturated carbocycles. The van der Waals surface area contributed by atoms with Gasteiger partial charge in [0.15, 0.2) is 0 Å². The zero-order valence-corrected chi connectivity index (χ0v) is 13.1. The number of halogens is 2. The van der Waals surface area contributed by atoms with Crippen molar-refractivity contribution in [2.45, 2.75) is 76.0 Å². The van der Waals surface area contributed by atoms with Gasteiger partial charge in [-0.15, -0.1) is 0 Å². The van der Waals surface area contributed by atoms with E-state index in [1.807, 2.05) is 6.92 Å². The molecule has 0 aromatic rings. The van der Waals surface area contributed by atoms with Crippen LogP contribution in [0.4, 0.5) is 8.78 Å². The highest BCUT2D eigenvalue weighted by atomic mass is 19.3. The Labute approximate surface area is 129 Å². The summed E-state index contributed by atoms with van der Waals surface area (Å²) in [5.74, 6) is -5.79. The maximum atomic E-state index is 14.0. The summed E-state index contributed by atoms with van der Waals surface area (Å²) < 4.78 is 28.0. The van der Waals surface area contributed by atoms with Gasteiger partial charge in [-0.25, -0.2) is 0 Å². The summed E-state index contributed by atoms with van der Waals surface area (Å²) in [6.45, 7) is 3.90. The predicted octanol–water partition coefficient (Wildman–Crippen LogP) is 1.44. The third kappa shape index (κ3) is 2.95. The fraction of sp³-hybridized carbons (Fsp3) is 0.867. The van der Waals surface area contributed by atoms with Crippen molar-refractivity contribution in [3.8, 4) is 0 Å². The van der Waals surface area contributed by atoms with Crippen LogP contribution in [0.15, 0.2) is 0 Å². The van der Waals surface area contributed by atoms with Gasteiger partial charge in [0.2, 0.25) is 5.91 Å². The van der Waals surface area contributed by atoms with Gasteiger partial charge in [-0.05, 0) is 52.4 Å². The summed E-state index contributed by atoms with van der Waals surface area (Å²) in [5, 5.41) is 11.8. The third-order valence-corrected chi connectivity index (χ3v) is 4.85. The molecule has 22 heavy (non-hydrogen) atoms. The molecule has 2 atom stereocenters. The van der Waals surface area contributed by atoms with E-state index in [0.29, 0.717) is 13.0 Å². The molecule has 5 nitrogen and oxygen atoms in total. The van der Waals surface area contributed by atoms with Gasteiger partial charge in [0.05, 0.1) is 0 Å². The maximum absolute atomic E-state index is 14.0. The fourth-order valence-corrected chi connectivity index (χ4v) is 3.06. The van der Waals surface area contributed by atoms with Gasteiger partial charge in [0, 0.05) is 12.6 Å². The van der Waals surface area contributed by atoms with Gasteiger partial charge in [-0.1, -0.05) is 0 Å². The Balaban J connectivity index is 1.97. The second-order valence-electron chi connectivity index (χ2n) is 6.53. The van der Waals surface area contributed by atoms with E-state index in [4.69, 9.17) is 0 Å². The zero-order chi connectivity index (χ0) is 16.5. The zero-order valence-electron chi connectivity index (χ0n) is 13.1. The summed E-state index contributed by atoms with van der Waals surface area (Å²) in [6, 6.07) is -0.973. The molecule has 0 aromatic heterocycles. The highest BCUT2D eigenvalue weighted by Crippen LogP contribution is 2.44. The van der Waals surface area contributed by atoms with E-state index in [2.05, 4.69) is 5.32 Å². The first-order chi connectivity index (χ1) is 10.2. The lowest BCUT2D eigenvalue weighted by molar-refractivity contribution is -0.216. The van der Waals surface area contributed by atoms with Gasteiger partial charge in [0.1, 0.15) is 11.6 Å². The summed E-state index contributed by atoms with van der Waals surface area (Å²) in [7, 11) is 0. The first-order valence-electron chi connectivity index (χ1n) is 7.91. The van der Waals surface area contributed by atoms with Crippen molar-refractivity contribution in [2.75, 3.05) is 6.54 Å². The lowest BCUT2D eigenvalue weighted by Crippen LogP contribution is -2.63. The maximum Gasteiger partial charge on any atom is 0.352 e. The average Bonchev–Trinajstić information content (AvgIpc) is 2.44. The first-order valence-corrected chi connectivity index (χ1v) is 7.91. The molecule has 0 bridgehead atoms. The molecule has 1 saturated heterocycles. The Bertz CT molecular complexity index is 452. The minimum Gasteiger partial charge on any atom is -0.383 e. The molecule has 126 valence electrons. The van der Waals surface area contributed by atoms with Crippen molar-refractivity contribution in [1.82, 2.24) is 10.2 Å². The van der Waals surface area contributed by atoms with Crippen LogP contribution in [-0.4, -0.2) is 52.0 Å². The summed E-state index contributed by atoms with van der Waals surface area (Å²) in [4.78, 5) is 25.7. The Morgan fingerprint density at radius 1 is 1.32 bits per heavy atom. The highest BCUT2D eigenvalue weighted by Gasteiger charge is 2.61. The van der Waals surface area contributed by atoms with Crippen molar-refractivity contribution in [1.29, 1.82) is 0 Å². The van der Waals surface area contributed by atoms with Crippen LogP contribution in [0, 0.1) is 0 Å². The summed E-state index contributed by atoms with van der Waals surface area (Å²) in [5.41, 5.74) is -2.27. The molecule has 0 aromatic carbocycles. The normalized spacial score (nSPS) is 26.0. The van der Waals surface area contributed by atoms with E-state index in [1.54, 1.807) is 4.90 Å². The molecule has 2 fully saturated rings. The van der Waals surface area contributed by atoms with Crippen LogP contribution in [-0.2, 0) is 9.59 Å². The van der Waals surface area contributed by atoms with E-state index in [9.17, 15) is 23.5 Å². The van der Waals surface area contributed by atoms with Crippen LogP contribution in [0.2, 0.25) is 0 Å². The predicted molar refractivity (Wildman–Crippen MR) is 76.4 cm³/mol. The van der Waals surface area contributed by atoms with Crippen LogP contribution >= 0.6 is 0 Å². The average molecular weight is 318 g/mol. The van der Waals surface area contributed by atoms with Gasteiger partial charge < -0.3 is 15.3 Å². The number of piperidine rings is 1. The minimum atomic E-state index is -3.87. The van der Waals surface area contributed by atoms with Crippen molar-refractivity contribution >= 4 is 11.8 Å². The molecule has 2 amide bonds. The molecule has 1 aliphatic carbocycles. The second kappa shape index (κ2) is 6.10. The standard InChI is InChI=1S/C15H24F2N2O3/c1-10-6-3-4-9-19(10)12(20)11(2)18-13(21)15(16,17)14(22)7-5-8-14/h10-11,22H,3-9H2,1-2H3,(H,18,21). The van der Waals surface area contributed by atoms with Crippen molar-refractivity contribution in [3.05, 3.63) is 0 Å². The summed E-state index contributed by atoms with van der Waals surface area (Å²) in [6.07, 6.45) is 3.07. The SMILES string of the molecule is CC(NC(=O)C(F)(F)C1(O)CCC1)C(=O)N1CCCCC1C. The molecule has 1 heterocycles. The number of carbonyl (C=O) groups is 2. The first kappa shape index (κ1) is 17.1. The lowest BCUT2D eigenvalue weighted by Gasteiger charge is -2.42. The Morgan fingerprint density at radius 3 is 2.45 bits per heavy atom. The molecular formula is C15H24F2N2O3. The molecule has 2 aliphatic rings. The fourth-order valence-electron chi connectivity index (χ4n) is 3.06. The van der Waals surface area contributed by atoms with Crippen LogP contribution < -0.4 is 5.32 Å². The largest absolute Gasteiger partial charge is 0.383 e. The van der Waals surface area contributed by atoms with E-state index in [-0.39, 0.29) is 24.8 Å². The molecule has 0 spiro atoms. The third-order valence-electron chi connectivity index (χ3n) is 4.85. The van der Waals surface area contributed by atoms with Gasteiger partial charge >= 0.3 is 5.92 Å².